The van der Waals surface area contributed by atoms with Crippen LogP contribution in [0.1, 0.15) is 15.9 Å². The Kier molecular flexibility index (Phi) is 3.07. The first-order chi connectivity index (χ1) is 7.15. The molecule has 1 saturated heterocycles. The maximum absolute atomic E-state index is 11.8. The van der Waals surface area contributed by atoms with E-state index in [-0.39, 0.29) is 11.9 Å². The average molecular weight is 269 g/mol. The maximum atomic E-state index is 11.8. The summed E-state index contributed by atoms with van der Waals surface area (Å²) in [5.41, 5.74) is 1.80. The summed E-state index contributed by atoms with van der Waals surface area (Å²) in [7, 11) is 0. The lowest BCUT2D eigenvalue weighted by molar-refractivity contribution is 0.0924. The minimum atomic E-state index is 0.00546. The molecule has 1 aliphatic rings. The van der Waals surface area contributed by atoms with Crippen LogP contribution in [0, 0.1) is 6.92 Å². The molecule has 1 aromatic carbocycles. The minimum Gasteiger partial charge on any atom is -0.347 e. The number of hydrogen-bond donors (Lipinski definition) is 2. The third-order valence-electron chi connectivity index (χ3n) is 2.42. The van der Waals surface area contributed by atoms with Gasteiger partial charge in [-0.2, -0.15) is 0 Å². The van der Waals surface area contributed by atoms with E-state index >= 15 is 0 Å². The average Bonchev–Trinajstić information content (AvgIpc) is 2.09. The van der Waals surface area contributed by atoms with Crippen LogP contribution in [0.3, 0.4) is 0 Å². The number of amides is 1. The van der Waals surface area contributed by atoms with Gasteiger partial charge in [-0.15, -0.1) is 0 Å². The topological polar surface area (TPSA) is 41.1 Å². The lowest BCUT2D eigenvalue weighted by Crippen LogP contribution is -2.56. The molecule has 4 heteroatoms. The zero-order valence-corrected chi connectivity index (χ0v) is 10.1. The molecule has 1 heterocycles. The summed E-state index contributed by atoms with van der Waals surface area (Å²) in [6.45, 7) is 3.73. The Bertz CT molecular complexity index is 368. The Balaban J connectivity index is 2.10. The van der Waals surface area contributed by atoms with Gasteiger partial charge in [0.15, 0.2) is 0 Å². The van der Waals surface area contributed by atoms with Gasteiger partial charge in [0, 0.05) is 23.1 Å². The first-order valence-electron chi connectivity index (χ1n) is 4.94. The normalized spacial score (nSPS) is 15.9. The Morgan fingerprint density at radius 3 is 2.73 bits per heavy atom. The van der Waals surface area contributed by atoms with E-state index in [1.54, 1.807) is 0 Å². The van der Waals surface area contributed by atoms with E-state index in [1.807, 2.05) is 25.1 Å². The van der Waals surface area contributed by atoms with Crippen molar-refractivity contribution < 1.29 is 4.79 Å². The molecule has 0 bridgehead atoms. The van der Waals surface area contributed by atoms with Crippen molar-refractivity contribution in [3.05, 3.63) is 33.8 Å². The fourth-order valence-electron chi connectivity index (χ4n) is 1.53. The standard InChI is InChI=1S/C11H13BrN2O/c1-7-2-8(4-9(12)3-7)11(15)14-10-5-13-6-10/h2-4,10,13H,5-6H2,1H3,(H,14,15). The van der Waals surface area contributed by atoms with Crippen LogP contribution < -0.4 is 10.6 Å². The largest absolute Gasteiger partial charge is 0.347 e. The van der Waals surface area contributed by atoms with Crippen molar-refractivity contribution in [1.29, 1.82) is 0 Å². The molecule has 2 rings (SSSR count). The van der Waals surface area contributed by atoms with Crippen LogP contribution in [0.5, 0.6) is 0 Å². The maximum Gasteiger partial charge on any atom is 0.251 e. The van der Waals surface area contributed by atoms with E-state index in [0.29, 0.717) is 5.56 Å². The van der Waals surface area contributed by atoms with Crippen molar-refractivity contribution in [3.63, 3.8) is 0 Å². The van der Waals surface area contributed by atoms with Gasteiger partial charge in [0.2, 0.25) is 0 Å². The van der Waals surface area contributed by atoms with Crippen molar-refractivity contribution in [2.75, 3.05) is 13.1 Å². The summed E-state index contributed by atoms with van der Waals surface area (Å²) in [5.74, 6) is 0.00546. The summed E-state index contributed by atoms with van der Waals surface area (Å²) in [4.78, 5) is 11.8. The monoisotopic (exact) mass is 268 g/mol. The van der Waals surface area contributed by atoms with Crippen molar-refractivity contribution >= 4 is 21.8 Å². The van der Waals surface area contributed by atoms with Crippen molar-refractivity contribution in [3.8, 4) is 0 Å². The molecule has 0 unspecified atom stereocenters. The van der Waals surface area contributed by atoms with E-state index < -0.39 is 0 Å². The zero-order chi connectivity index (χ0) is 10.8. The van der Waals surface area contributed by atoms with Gasteiger partial charge in [0.25, 0.3) is 5.91 Å². The Morgan fingerprint density at radius 2 is 2.20 bits per heavy atom. The molecule has 1 aliphatic heterocycles. The molecule has 0 spiro atoms. The third-order valence-corrected chi connectivity index (χ3v) is 2.88. The number of benzene rings is 1. The summed E-state index contributed by atoms with van der Waals surface area (Å²) < 4.78 is 0.944. The summed E-state index contributed by atoms with van der Waals surface area (Å²) in [6, 6.07) is 6.01. The van der Waals surface area contributed by atoms with Crippen LogP contribution in [-0.4, -0.2) is 25.0 Å². The van der Waals surface area contributed by atoms with Crippen LogP contribution in [0.25, 0.3) is 0 Å². The highest BCUT2D eigenvalue weighted by Gasteiger charge is 2.19. The number of aryl methyl sites for hydroxylation is 1. The number of halogens is 1. The first kappa shape index (κ1) is 10.6. The van der Waals surface area contributed by atoms with Crippen LogP contribution in [0.4, 0.5) is 0 Å². The highest BCUT2D eigenvalue weighted by atomic mass is 79.9. The highest BCUT2D eigenvalue weighted by molar-refractivity contribution is 9.10. The Morgan fingerprint density at radius 1 is 1.47 bits per heavy atom. The molecule has 1 aromatic rings. The molecule has 1 amide bonds. The smallest absolute Gasteiger partial charge is 0.251 e. The van der Waals surface area contributed by atoms with Crippen LogP contribution in [0.15, 0.2) is 22.7 Å². The van der Waals surface area contributed by atoms with Gasteiger partial charge in [-0.05, 0) is 30.7 Å². The van der Waals surface area contributed by atoms with Gasteiger partial charge < -0.3 is 10.6 Å². The van der Waals surface area contributed by atoms with Gasteiger partial charge >= 0.3 is 0 Å². The lowest BCUT2D eigenvalue weighted by Gasteiger charge is -2.28. The SMILES string of the molecule is Cc1cc(Br)cc(C(=O)NC2CNC2)c1. The molecule has 2 N–H and O–H groups in total. The van der Waals surface area contributed by atoms with E-state index in [0.717, 1.165) is 23.1 Å². The predicted molar refractivity (Wildman–Crippen MR) is 63.0 cm³/mol. The van der Waals surface area contributed by atoms with Crippen molar-refractivity contribution in [2.24, 2.45) is 0 Å². The molecule has 3 nitrogen and oxygen atoms in total. The van der Waals surface area contributed by atoms with Gasteiger partial charge in [-0.1, -0.05) is 15.9 Å². The van der Waals surface area contributed by atoms with E-state index in [9.17, 15) is 4.79 Å². The first-order valence-corrected chi connectivity index (χ1v) is 5.73. The van der Waals surface area contributed by atoms with Crippen LogP contribution >= 0.6 is 15.9 Å². The molecule has 0 radical (unpaired) electrons. The second-order valence-corrected chi connectivity index (χ2v) is 4.76. The van der Waals surface area contributed by atoms with E-state index in [2.05, 4.69) is 26.6 Å². The number of rotatable bonds is 2. The fourth-order valence-corrected chi connectivity index (χ4v) is 2.13. The van der Waals surface area contributed by atoms with Gasteiger partial charge in [-0.3, -0.25) is 4.79 Å². The fraction of sp³-hybridized carbons (Fsp3) is 0.364. The second kappa shape index (κ2) is 4.33. The molecule has 1 fully saturated rings. The van der Waals surface area contributed by atoms with Gasteiger partial charge in [-0.25, -0.2) is 0 Å². The predicted octanol–water partition coefficient (Wildman–Crippen LogP) is 1.46. The molecule has 0 aliphatic carbocycles. The van der Waals surface area contributed by atoms with Crippen molar-refractivity contribution in [1.82, 2.24) is 10.6 Å². The van der Waals surface area contributed by atoms with Gasteiger partial charge in [0.1, 0.15) is 0 Å². The molecule has 15 heavy (non-hydrogen) atoms. The molecule has 0 aromatic heterocycles. The van der Waals surface area contributed by atoms with E-state index in [1.165, 1.54) is 0 Å². The van der Waals surface area contributed by atoms with Crippen LogP contribution in [-0.2, 0) is 0 Å². The summed E-state index contributed by atoms with van der Waals surface area (Å²) >= 11 is 3.39. The molecular weight excluding hydrogens is 256 g/mol. The number of carbonyl (C=O) groups excluding carboxylic acids is 1. The molecule has 0 atom stereocenters. The van der Waals surface area contributed by atoms with Gasteiger partial charge in [0.05, 0.1) is 6.04 Å². The summed E-state index contributed by atoms with van der Waals surface area (Å²) in [5, 5.41) is 6.08. The second-order valence-electron chi connectivity index (χ2n) is 3.85. The van der Waals surface area contributed by atoms with Crippen molar-refractivity contribution in [2.45, 2.75) is 13.0 Å². The highest BCUT2D eigenvalue weighted by Crippen LogP contribution is 2.15. The Hall–Kier alpha value is -0.870. The minimum absolute atomic E-state index is 0.00546. The third kappa shape index (κ3) is 2.58. The number of hydrogen-bond acceptors (Lipinski definition) is 2. The number of carbonyl (C=O) groups is 1. The quantitative estimate of drug-likeness (QED) is 0.853. The summed E-state index contributed by atoms with van der Waals surface area (Å²) in [6.07, 6.45) is 0. The lowest BCUT2D eigenvalue weighted by atomic mass is 10.1. The molecular formula is C11H13BrN2O. The zero-order valence-electron chi connectivity index (χ0n) is 8.51. The van der Waals surface area contributed by atoms with Crippen LogP contribution in [0.2, 0.25) is 0 Å². The molecule has 80 valence electrons. The van der Waals surface area contributed by atoms with E-state index in [4.69, 9.17) is 0 Å². The number of nitrogens with one attached hydrogen (secondary N) is 2. The molecule has 0 saturated carbocycles. The Labute approximate surface area is 97.4 Å².